The molecule has 58 valence electrons. The van der Waals surface area contributed by atoms with Crippen LogP contribution in [0.3, 0.4) is 0 Å². The average Bonchev–Trinajstić information content (AvgIpc) is 2.77. The maximum Gasteiger partial charge on any atom is -0.0195 e. The van der Waals surface area contributed by atoms with Gasteiger partial charge in [-0.1, -0.05) is 46.0 Å². The second kappa shape index (κ2) is 15.7. The van der Waals surface area contributed by atoms with Crippen LogP contribution >= 0.6 is 0 Å². The Morgan fingerprint density at radius 2 is 1.11 bits per heavy atom. The number of hydrogen-bond donors (Lipinski definition) is 1. The van der Waals surface area contributed by atoms with E-state index in [1.807, 2.05) is 0 Å². The lowest BCUT2D eigenvalue weighted by Gasteiger charge is -1.68. The van der Waals surface area contributed by atoms with Crippen LogP contribution in [0.4, 0.5) is 0 Å². The van der Waals surface area contributed by atoms with E-state index in [-0.39, 0.29) is 0 Å². The maximum atomic E-state index is 4.50. The summed E-state index contributed by atoms with van der Waals surface area (Å²) in [4.78, 5) is 0. The normalized spacial score (nSPS) is 12.0. The van der Waals surface area contributed by atoms with Crippen molar-refractivity contribution in [2.24, 2.45) is 5.73 Å². The smallest absolute Gasteiger partial charge is 0.0195 e. The molecule has 1 aliphatic carbocycles. The Labute approximate surface area is 59.6 Å². The molecule has 1 saturated carbocycles. The zero-order chi connectivity index (χ0) is 7.54. The second-order valence-electron chi connectivity index (χ2n) is 2.06. The van der Waals surface area contributed by atoms with Gasteiger partial charge < -0.3 is 5.73 Å². The Morgan fingerprint density at radius 1 is 0.889 bits per heavy atom. The van der Waals surface area contributed by atoms with Crippen LogP contribution in [0, 0.1) is 0 Å². The number of hydrogen-bond acceptors (Lipinski definition) is 1. The van der Waals surface area contributed by atoms with Crippen LogP contribution in [0.1, 0.15) is 46.0 Å². The first-order chi connectivity index (χ1) is 4.41. The van der Waals surface area contributed by atoms with Gasteiger partial charge in [0, 0.05) is 0 Å². The van der Waals surface area contributed by atoms with Crippen LogP contribution in [-0.4, -0.2) is 7.05 Å². The van der Waals surface area contributed by atoms with Crippen molar-refractivity contribution in [1.82, 2.24) is 0 Å². The fraction of sp³-hybridized carbons (Fsp3) is 1.00. The lowest BCUT2D eigenvalue weighted by Crippen LogP contribution is -1.69. The monoisotopic (exact) mass is 131 g/mol. The minimum Gasteiger partial charge on any atom is -0.333 e. The zero-order valence-electron chi connectivity index (χ0n) is 7.11. The summed E-state index contributed by atoms with van der Waals surface area (Å²) in [6.07, 6.45) is 7.14. The van der Waals surface area contributed by atoms with Crippen molar-refractivity contribution in [1.29, 1.82) is 0 Å². The Balaban J connectivity index is 0. The molecule has 9 heavy (non-hydrogen) atoms. The van der Waals surface area contributed by atoms with Gasteiger partial charge in [0.2, 0.25) is 0 Å². The van der Waals surface area contributed by atoms with E-state index >= 15 is 0 Å². The molecule has 1 fully saturated rings. The lowest BCUT2D eigenvalue weighted by molar-refractivity contribution is 0.886. The highest BCUT2D eigenvalue weighted by Gasteiger charge is 1.95. The summed E-state index contributed by atoms with van der Waals surface area (Å²) < 4.78 is 0. The van der Waals surface area contributed by atoms with Crippen molar-refractivity contribution < 1.29 is 0 Å². The zero-order valence-corrected chi connectivity index (χ0v) is 7.11. The van der Waals surface area contributed by atoms with Gasteiger partial charge >= 0.3 is 0 Å². The van der Waals surface area contributed by atoms with Crippen molar-refractivity contribution in [3.8, 4) is 0 Å². The Kier molecular flexibility index (Phi) is 20.4. The Hall–Kier alpha value is -0.0400. The molecule has 0 saturated heterocycles. The first-order valence-electron chi connectivity index (χ1n) is 3.99. The third kappa shape index (κ3) is 73.6. The fourth-order valence-electron chi connectivity index (χ4n) is 0. The van der Waals surface area contributed by atoms with Gasteiger partial charge in [-0.3, -0.25) is 0 Å². The minimum absolute atomic E-state index is 1.32. The molecule has 1 nitrogen and oxygen atoms in total. The first-order valence-corrected chi connectivity index (χ1v) is 3.99. The van der Waals surface area contributed by atoms with Crippen LogP contribution in [-0.2, 0) is 0 Å². The van der Waals surface area contributed by atoms with E-state index in [4.69, 9.17) is 0 Å². The van der Waals surface area contributed by atoms with Gasteiger partial charge in [0.1, 0.15) is 0 Å². The highest BCUT2D eigenvalue weighted by Crippen LogP contribution is 2.14. The highest BCUT2D eigenvalue weighted by molar-refractivity contribution is 4.50. The molecule has 1 heteroatoms. The summed E-state index contributed by atoms with van der Waals surface area (Å²) in [6.45, 7) is 4.36. The molecule has 0 radical (unpaired) electrons. The molecule has 0 unspecified atom stereocenters. The standard InChI is InChI=1S/C4H10.C3H6.CH5N/c1-3-4-2;1-2-3-1;1-2/h3-4H2,1-2H3;1-3H2;2H2,1H3. The van der Waals surface area contributed by atoms with E-state index in [9.17, 15) is 0 Å². The molecule has 0 amide bonds. The molecule has 0 bridgehead atoms. The second-order valence-corrected chi connectivity index (χ2v) is 2.06. The first kappa shape index (κ1) is 11.7. The topological polar surface area (TPSA) is 26.0 Å². The van der Waals surface area contributed by atoms with Crippen molar-refractivity contribution in [3.05, 3.63) is 0 Å². The summed E-state index contributed by atoms with van der Waals surface area (Å²) in [5, 5.41) is 0. The molecular formula is C8H21N. The van der Waals surface area contributed by atoms with Crippen molar-refractivity contribution in [2.45, 2.75) is 46.0 Å². The molecule has 0 spiro atoms. The molecule has 0 aromatic carbocycles. The molecule has 0 heterocycles. The summed E-state index contributed by atoms with van der Waals surface area (Å²) in [6, 6.07) is 0. The molecule has 0 atom stereocenters. The van der Waals surface area contributed by atoms with Crippen LogP contribution in [0.15, 0.2) is 0 Å². The van der Waals surface area contributed by atoms with E-state index in [1.165, 1.54) is 39.2 Å². The molecule has 2 N–H and O–H groups in total. The molecule has 0 aliphatic heterocycles. The van der Waals surface area contributed by atoms with Crippen molar-refractivity contribution in [3.63, 3.8) is 0 Å². The number of nitrogens with two attached hydrogens (primary N) is 1. The van der Waals surface area contributed by atoms with Crippen molar-refractivity contribution >= 4 is 0 Å². The lowest BCUT2D eigenvalue weighted by atomic mass is 10.4. The van der Waals surface area contributed by atoms with E-state index in [0.717, 1.165) is 0 Å². The highest BCUT2D eigenvalue weighted by atomic mass is 14.4. The predicted molar refractivity (Wildman–Crippen MR) is 44.5 cm³/mol. The summed E-state index contributed by atoms with van der Waals surface area (Å²) >= 11 is 0. The molecule has 1 rings (SSSR count). The van der Waals surface area contributed by atoms with E-state index in [0.29, 0.717) is 0 Å². The largest absolute Gasteiger partial charge is 0.333 e. The molecular weight excluding hydrogens is 110 g/mol. The third-order valence-corrected chi connectivity index (χ3v) is 0.854. The van der Waals surface area contributed by atoms with Gasteiger partial charge in [-0.2, -0.15) is 0 Å². The minimum atomic E-state index is 1.32. The van der Waals surface area contributed by atoms with Crippen LogP contribution in [0.25, 0.3) is 0 Å². The SMILES string of the molecule is C1CC1.CCCC.CN. The van der Waals surface area contributed by atoms with Gasteiger partial charge in [-0.15, -0.1) is 0 Å². The molecule has 1 aliphatic rings. The Bertz CT molecular complexity index is 21.0. The van der Waals surface area contributed by atoms with Gasteiger partial charge in [-0.25, -0.2) is 0 Å². The molecule has 0 aromatic heterocycles. The average molecular weight is 131 g/mol. The van der Waals surface area contributed by atoms with Gasteiger partial charge in [0.25, 0.3) is 0 Å². The molecule has 0 aromatic rings. The van der Waals surface area contributed by atoms with E-state index in [1.54, 1.807) is 0 Å². The van der Waals surface area contributed by atoms with E-state index in [2.05, 4.69) is 19.6 Å². The van der Waals surface area contributed by atoms with Crippen LogP contribution in [0.5, 0.6) is 0 Å². The van der Waals surface area contributed by atoms with Crippen molar-refractivity contribution in [2.75, 3.05) is 7.05 Å². The number of unbranched alkanes of at least 4 members (excludes halogenated alkanes) is 1. The summed E-state index contributed by atoms with van der Waals surface area (Å²) in [5.41, 5.74) is 4.50. The predicted octanol–water partition coefficient (Wildman–Crippen LogP) is 2.55. The van der Waals surface area contributed by atoms with Gasteiger partial charge in [-0.05, 0) is 7.05 Å². The van der Waals surface area contributed by atoms with Gasteiger partial charge in [0.15, 0.2) is 0 Å². The number of rotatable bonds is 1. The summed E-state index contributed by atoms with van der Waals surface area (Å²) in [5.74, 6) is 0. The van der Waals surface area contributed by atoms with Crippen LogP contribution < -0.4 is 5.73 Å². The summed E-state index contributed by atoms with van der Waals surface area (Å²) in [7, 11) is 1.50. The quantitative estimate of drug-likeness (QED) is 0.581. The van der Waals surface area contributed by atoms with Crippen LogP contribution in [0.2, 0.25) is 0 Å². The Morgan fingerprint density at radius 3 is 1.11 bits per heavy atom. The van der Waals surface area contributed by atoms with E-state index < -0.39 is 0 Å². The van der Waals surface area contributed by atoms with Gasteiger partial charge in [0.05, 0.1) is 0 Å². The third-order valence-electron chi connectivity index (χ3n) is 0.854. The maximum absolute atomic E-state index is 4.50. The fourth-order valence-corrected chi connectivity index (χ4v) is 0.